The molecular weight excluding hydrogens is 264 g/mol. The van der Waals surface area contributed by atoms with Crippen LogP contribution in [0, 0.1) is 0 Å². The van der Waals surface area contributed by atoms with E-state index in [4.69, 9.17) is 11.5 Å². The highest BCUT2D eigenvalue weighted by Gasteiger charge is 2.35. The van der Waals surface area contributed by atoms with Crippen molar-refractivity contribution in [2.75, 3.05) is 23.7 Å². The van der Waals surface area contributed by atoms with E-state index in [0.29, 0.717) is 24.8 Å². The van der Waals surface area contributed by atoms with Crippen molar-refractivity contribution in [1.82, 2.24) is 9.97 Å². The van der Waals surface area contributed by atoms with Gasteiger partial charge in [-0.3, -0.25) is 0 Å². The van der Waals surface area contributed by atoms with Gasteiger partial charge in [-0.2, -0.15) is 4.98 Å². The zero-order valence-corrected chi connectivity index (χ0v) is 11.2. The molecule has 0 radical (unpaired) electrons. The monoisotopic (exact) mass is 283 g/mol. The van der Waals surface area contributed by atoms with Gasteiger partial charge in [0.2, 0.25) is 5.95 Å². The molecule has 0 atom stereocenters. The van der Waals surface area contributed by atoms with Crippen LogP contribution in [0.3, 0.4) is 0 Å². The molecule has 2 heterocycles. The number of rotatable bonds is 2. The number of piperidine rings is 1. The fourth-order valence-electron chi connectivity index (χ4n) is 2.81. The van der Waals surface area contributed by atoms with E-state index in [2.05, 4.69) is 9.97 Å². The molecule has 2 aliphatic rings. The first-order chi connectivity index (χ1) is 9.43. The largest absolute Gasteiger partial charge is 0.368 e. The molecule has 1 aromatic heterocycles. The lowest BCUT2D eigenvalue weighted by Crippen LogP contribution is -2.40. The number of alkyl halides is 2. The highest BCUT2D eigenvalue weighted by atomic mass is 19.3. The summed E-state index contributed by atoms with van der Waals surface area (Å²) in [6, 6.07) is 2.10. The summed E-state index contributed by atoms with van der Waals surface area (Å²) in [6.07, 6.45) is 1.52. The molecule has 7 heteroatoms. The average molecular weight is 283 g/mol. The van der Waals surface area contributed by atoms with Crippen LogP contribution in [0.25, 0.3) is 0 Å². The fraction of sp³-hybridized carbons (Fsp3) is 0.692. The second-order valence-corrected chi connectivity index (χ2v) is 5.78. The molecule has 5 nitrogen and oxygen atoms in total. The van der Waals surface area contributed by atoms with Crippen molar-refractivity contribution in [1.29, 1.82) is 0 Å². The molecule has 0 amide bonds. The van der Waals surface area contributed by atoms with Gasteiger partial charge in [0.1, 0.15) is 5.82 Å². The van der Waals surface area contributed by atoms with E-state index < -0.39 is 5.92 Å². The normalized spacial score (nSPS) is 29.1. The van der Waals surface area contributed by atoms with Crippen LogP contribution < -0.4 is 16.4 Å². The average Bonchev–Trinajstić information content (AvgIpc) is 2.34. The van der Waals surface area contributed by atoms with E-state index in [1.165, 1.54) is 0 Å². The lowest BCUT2D eigenvalue weighted by molar-refractivity contribution is -0.0221. The zero-order chi connectivity index (χ0) is 14.3. The van der Waals surface area contributed by atoms with E-state index in [1.54, 1.807) is 0 Å². The lowest BCUT2D eigenvalue weighted by atomic mass is 9.78. The number of aromatic nitrogens is 2. The topological polar surface area (TPSA) is 81.1 Å². The molecule has 1 saturated heterocycles. The van der Waals surface area contributed by atoms with Crippen LogP contribution in [0.5, 0.6) is 0 Å². The van der Waals surface area contributed by atoms with Gasteiger partial charge in [-0.1, -0.05) is 0 Å². The van der Waals surface area contributed by atoms with Gasteiger partial charge < -0.3 is 16.4 Å². The first-order valence-corrected chi connectivity index (χ1v) is 6.96. The Bertz CT molecular complexity index is 492. The summed E-state index contributed by atoms with van der Waals surface area (Å²) in [4.78, 5) is 10.3. The van der Waals surface area contributed by atoms with Crippen LogP contribution in [-0.4, -0.2) is 35.0 Å². The molecule has 1 saturated carbocycles. The third kappa shape index (κ3) is 2.67. The van der Waals surface area contributed by atoms with Crippen molar-refractivity contribution in [3.05, 3.63) is 11.8 Å². The molecule has 1 aromatic rings. The van der Waals surface area contributed by atoms with Crippen LogP contribution in [0.2, 0.25) is 0 Å². The van der Waals surface area contributed by atoms with Gasteiger partial charge in [0.05, 0.1) is 5.69 Å². The summed E-state index contributed by atoms with van der Waals surface area (Å²) in [6.45, 7) is 0.597. The van der Waals surface area contributed by atoms with Gasteiger partial charge in [-0.15, -0.1) is 0 Å². The minimum absolute atomic E-state index is 0.138. The first kappa shape index (κ1) is 13.5. The fourth-order valence-corrected chi connectivity index (χ4v) is 2.81. The van der Waals surface area contributed by atoms with Gasteiger partial charge in [0.25, 0.3) is 5.92 Å². The van der Waals surface area contributed by atoms with Crippen molar-refractivity contribution in [2.24, 2.45) is 5.73 Å². The van der Waals surface area contributed by atoms with Crippen molar-refractivity contribution >= 4 is 11.8 Å². The Balaban J connectivity index is 1.76. The molecule has 0 spiro atoms. The van der Waals surface area contributed by atoms with Crippen LogP contribution in [0.1, 0.15) is 37.3 Å². The Morgan fingerprint density at radius 3 is 2.45 bits per heavy atom. The number of hydrogen-bond donors (Lipinski definition) is 2. The molecular formula is C13H19F2N5. The third-order valence-electron chi connectivity index (χ3n) is 4.16. The standard InChI is InChI=1S/C13H19F2N5/c14-13(15)1-3-20(4-2-13)11-7-10(18-12(17)19-11)8-5-9(16)6-8/h7-9H,1-6,16H2,(H2,17,18,19). The van der Waals surface area contributed by atoms with Crippen LogP contribution >= 0.6 is 0 Å². The Morgan fingerprint density at radius 1 is 1.20 bits per heavy atom. The Hall–Kier alpha value is -1.50. The molecule has 4 N–H and O–H groups in total. The summed E-state index contributed by atoms with van der Waals surface area (Å²) in [7, 11) is 0. The third-order valence-corrected chi connectivity index (χ3v) is 4.16. The maximum atomic E-state index is 13.2. The minimum atomic E-state index is -2.56. The van der Waals surface area contributed by atoms with Gasteiger partial charge >= 0.3 is 0 Å². The molecule has 0 bridgehead atoms. The summed E-state index contributed by atoms with van der Waals surface area (Å²) in [5.41, 5.74) is 12.4. The number of nitrogens with two attached hydrogens (primary N) is 2. The van der Waals surface area contributed by atoms with Crippen molar-refractivity contribution in [2.45, 2.75) is 43.6 Å². The van der Waals surface area contributed by atoms with Crippen LogP contribution in [0.15, 0.2) is 6.07 Å². The van der Waals surface area contributed by atoms with E-state index in [1.807, 2.05) is 11.0 Å². The van der Waals surface area contributed by atoms with E-state index in [-0.39, 0.29) is 24.8 Å². The number of anilines is 2. The van der Waals surface area contributed by atoms with E-state index in [0.717, 1.165) is 18.5 Å². The van der Waals surface area contributed by atoms with Crippen LogP contribution in [-0.2, 0) is 0 Å². The second kappa shape index (κ2) is 4.80. The molecule has 1 aliphatic carbocycles. The molecule has 20 heavy (non-hydrogen) atoms. The Kier molecular flexibility index (Phi) is 3.24. The zero-order valence-electron chi connectivity index (χ0n) is 11.2. The number of nitrogens with zero attached hydrogens (tertiary/aromatic N) is 3. The lowest BCUT2D eigenvalue weighted by Gasteiger charge is -2.34. The van der Waals surface area contributed by atoms with Gasteiger partial charge in [-0.05, 0) is 12.8 Å². The molecule has 110 valence electrons. The predicted molar refractivity (Wildman–Crippen MR) is 72.8 cm³/mol. The SMILES string of the molecule is Nc1nc(C2CC(N)C2)cc(N2CCC(F)(F)CC2)n1. The smallest absolute Gasteiger partial charge is 0.251 e. The van der Waals surface area contributed by atoms with Gasteiger partial charge in [0, 0.05) is 44.0 Å². The van der Waals surface area contributed by atoms with Crippen molar-refractivity contribution in [3.63, 3.8) is 0 Å². The van der Waals surface area contributed by atoms with Crippen molar-refractivity contribution < 1.29 is 8.78 Å². The number of halogens is 2. The highest BCUT2D eigenvalue weighted by Crippen LogP contribution is 2.36. The highest BCUT2D eigenvalue weighted by molar-refractivity contribution is 5.45. The molecule has 3 rings (SSSR count). The molecule has 1 aliphatic heterocycles. The summed E-state index contributed by atoms with van der Waals surface area (Å²) in [5.74, 6) is -1.38. The summed E-state index contributed by atoms with van der Waals surface area (Å²) < 4.78 is 26.4. The Morgan fingerprint density at radius 2 is 1.85 bits per heavy atom. The molecule has 0 unspecified atom stereocenters. The van der Waals surface area contributed by atoms with E-state index >= 15 is 0 Å². The number of nitrogen functional groups attached to an aromatic ring is 1. The van der Waals surface area contributed by atoms with Crippen LogP contribution in [0.4, 0.5) is 20.5 Å². The Labute approximate surface area is 116 Å². The summed E-state index contributed by atoms with van der Waals surface area (Å²) >= 11 is 0. The maximum Gasteiger partial charge on any atom is 0.251 e. The molecule has 0 aromatic carbocycles. The van der Waals surface area contributed by atoms with Gasteiger partial charge in [-0.25, -0.2) is 13.8 Å². The number of hydrogen-bond acceptors (Lipinski definition) is 5. The molecule has 2 fully saturated rings. The predicted octanol–water partition coefficient (Wildman–Crippen LogP) is 1.50. The quantitative estimate of drug-likeness (QED) is 0.859. The van der Waals surface area contributed by atoms with Crippen molar-refractivity contribution in [3.8, 4) is 0 Å². The van der Waals surface area contributed by atoms with Gasteiger partial charge in [0.15, 0.2) is 0 Å². The minimum Gasteiger partial charge on any atom is -0.368 e. The maximum absolute atomic E-state index is 13.2. The van der Waals surface area contributed by atoms with E-state index in [9.17, 15) is 8.78 Å². The summed E-state index contributed by atoms with van der Waals surface area (Å²) in [5, 5.41) is 0. The second-order valence-electron chi connectivity index (χ2n) is 5.78. The first-order valence-electron chi connectivity index (χ1n) is 6.96.